The van der Waals surface area contributed by atoms with Crippen LogP contribution in [0.4, 0.5) is 5.69 Å². The monoisotopic (exact) mass is 203 g/mol. The van der Waals surface area contributed by atoms with E-state index in [-0.39, 0.29) is 10.9 Å². The number of isocyanates is 1. The first-order valence-electron chi connectivity index (χ1n) is 4.21. The number of rotatable bonds is 2. The van der Waals surface area contributed by atoms with Crippen molar-refractivity contribution in [1.29, 1.82) is 0 Å². The van der Waals surface area contributed by atoms with Gasteiger partial charge in [0, 0.05) is 0 Å². The summed E-state index contributed by atoms with van der Waals surface area (Å²) in [4.78, 5) is 14.9. The second kappa shape index (κ2) is 4.09. The molecule has 0 radical (unpaired) electrons. The molecule has 1 aromatic rings. The minimum atomic E-state index is -0.318. The topological polar surface area (TPSA) is 29.4 Å². The third kappa shape index (κ3) is 1.84. The highest BCUT2D eigenvalue weighted by atomic mass is 32.2. The van der Waals surface area contributed by atoms with E-state index >= 15 is 0 Å². The van der Waals surface area contributed by atoms with Gasteiger partial charge >= 0.3 is 0 Å². The summed E-state index contributed by atoms with van der Waals surface area (Å²) in [6, 6.07) is 7.69. The molecule has 0 N–H and O–H groups in total. The standard InChI is InChI=1S/C11H9NOS/c13-9-12-10-4-3-5-11(8-10)14-6-1-2-7-14/h1-8,14H. The number of aliphatic imine (C=N–C) groups is 1. The lowest BCUT2D eigenvalue weighted by atomic mass is 10.3. The van der Waals surface area contributed by atoms with Crippen molar-refractivity contribution in [2.24, 2.45) is 4.99 Å². The van der Waals surface area contributed by atoms with Crippen LogP contribution in [-0.4, -0.2) is 6.08 Å². The Morgan fingerprint density at radius 3 is 2.71 bits per heavy atom. The van der Waals surface area contributed by atoms with Crippen LogP contribution < -0.4 is 0 Å². The molecule has 0 amide bonds. The molecule has 1 aliphatic heterocycles. The molecule has 2 rings (SSSR count). The molecule has 1 heterocycles. The summed E-state index contributed by atoms with van der Waals surface area (Å²) in [7, 11) is -0.318. The molecule has 0 aliphatic carbocycles. The quantitative estimate of drug-likeness (QED) is 0.447. The van der Waals surface area contributed by atoms with Gasteiger partial charge in [-0.05, 0) is 33.9 Å². The molecule has 0 fully saturated rings. The SMILES string of the molecule is O=C=Nc1cccc([SH]2C=CC=C2)c1. The van der Waals surface area contributed by atoms with Crippen LogP contribution >= 0.6 is 10.9 Å². The summed E-state index contributed by atoms with van der Waals surface area (Å²) < 4.78 is 0. The predicted molar refractivity (Wildman–Crippen MR) is 59.8 cm³/mol. The normalized spacial score (nSPS) is 15.6. The van der Waals surface area contributed by atoms with Crippen molar-refractivity contribution >= 4 is 22.7 Å². The number of nitrogens with zero attached hydrogens (tertiary/aromatic N) is 1. The van der Waals surface area contributed by atoms with E-state index < -0.39 is 0 Å². The van der Waals surface area contributed by atoms with Gasteiger partial charge in [0.25, 0.3) is 0 Å². The fourth-order valence-corrected chi connectivity index (χ4v) is 2.84. The van der Waals surface area contributed by atoms with Crippen molar-refractivity contribution in [3.63, 3.8) is 0 Å². The van der Waals surface area contributed by atoms with Crippen LogP contribution in [0.25, 0.3) is 0 Å². The van der Waals surface area contributed by atoms with Crippen LogP contribution in [0.1, 0.15) is 0 Å². The van der Waals surface area contributed by atoms with Crippen molar-refractivity contribution in [1.82, 2.24) is 0 Å². The van der Waals surface area contributed by atoms with Gasteiger partial charge in [-0.2, -0.15) is 15.9 Å². The Morgan fingerprint density at radius 2 is 2.00 bits per heavy atom. The van der Waals surface area contributed by atoms with Gasteiger partial charge in [-0.1, -0.05) is 18.2 Å². The molecule has 0 atom stereocenters. The highest BCUT2D eigenvalue weighted by Crippen LogP contribution is 2.42. The minimum absolute atomic E-state index is 0.318. The number of benzene rings is 1. The highest BCUT2D eigenvalue weighted by Gasteiger charge is 2.02. The molecular formula is C11H9NOS. The van der Waals surface area contributed by atoms with Gasteiger partial charge in [-0.15, -0.1) is 0 Å². The minimum Gasteiger partial charge on any atom is -0.211 e. The molecule has 1 aliphatic rings. The number of thiol groups is 1. The van der Waals surface area contributed by atoms with E-state index in [9.17, 15) is 4.79 Å². The molecule has 70 valence electrons. The average Bonchev–Trinajstić information content (AvgIpc) is 2.71. The Labute approximate surface area is 85.0 Å². The van der Waals surface area contributed by atoms with E-state index in [1.54, 1.807) is 12.1 Å². The van der Waals surface area contributed by atoms with Crippen molar-refractivity contribution < 1.29 is 4.79 Å². The van der Waals surface area contributed by atoms with Crippen LogP contribution in [0.2, 0.25) is 0 Å². The van der Waals surface area contributed by atoms with Crippen LogP contribution in [0, 0.1) is 0 Å². The van der Waals surface area contributed by atoms with E-state index in [2.05, 4.69) is 21.9 Å². The largest absolute Gasteiger partial charge is 0.240 e. The van der Waals surface area contributed by atoms with Gasteiger partial charge in [-0.3, -0.25) is 0 Å². The Hall–Kier alpha value is -1.57. The molecule has 0 unspecified atom stereocenters. The van der Waals surface area contributed by atoms with Gasteiger partial charge in [0.05, 0.1) is 5.69 Å². The van der Waals surface area contributed by atoms with Crippen molar-refractivity contribution in [3.05, 3.63) is 47.2 Å². The van der Waals surface area contributed by atoms with E-state index in [0.717, 1.165) is 0 Å². The third-order valence-electron chi connectivity index (χ3n) is 1.91. The molecule has 0 spiro atoms. The lowest BCUT2D eigenvalue weighted by molar-refractivity contribution is 0.565. The molecule has 0 bridgehead atoms. The second-order valence-corrected chi connectivity index (χ2v) is 4.74. The maximum atomic E-state index is 10.1. The Morgan fingerprint density at radius 1 is 1.21 bits per heavy atom. The molecule has 3 heteroatoms. The lowest BCUT2D eigenvalue weighted by Crippen LogP contribution is -1.73. The fourth-order valence-electron chi connectivity index (χ4n) is 1.28. The zero-order chi connectivity index (χ0) is 9.80. The van der Waals surface area contributed by atoms with E-state index in [1.165, 1.54) is 4.90 Å². The zero-order valence-electron chi connectivity index (χ0n) is 7.42. The summed E-state index contributed by atoms with van der Waals surface area (Å²) in [5.74, 6) is 0. The van der Waals surface area contributed by atoms with Crippen LogP contribution in [0.3, 0.4) is 0 Å². The summed E-state index contributed by atoms with van der Waals surface area (Å²) >= 11 is 0. The zero-order valence-corrected chi connectivity index (χ0v) is 8.32. The van der Waals surface area contributed by atoms with Crippen molar-refractivity contribution in [2.75, 3.05) is 0 Å². The number of hydrogen-bond donors (Lipinski definition) is 1. The molecule has 14 heavy (non-hydrogen) atoms. The van der Waals surface area contributed by atoms with Crippen molar-refractivity contribution in [2.45, 2.75) is 4.90 Å². The first-order valence-corrected chi connectivity index (χ1v) is 5.69. The fraction of sp³-hybridized carbons (Fsp3) is 0. The van der Waals surface area contributed by atoms with Crippen LogP contribution in [0.5, 0.6) is 0 Å². The first-order chi connectivity index (χ1) is 6.90. The van der Waals surface area contributed by atoms with Crippen molar-refractivity contribution in [3.8, 4) is 0 Å². The number of allylic oxidation sites excluding steroid dienone is 2. The molecule has 1 aromatic carbocycles. The summed E-state index contributed by atoms with van der Waals surface area (Å²) in [6.07, 6.45) is 5.63. The van der Waals surface area contributed by atoms with Gasteiger partial charge in [-0.25, -0.2) is 4.79 Å². The molecular weight excluding hydrogens is 194 g/mol. The lowest BCUT2D eigenvalue weighted by Gasteiger charge is -2.09. The second-order valence-electron chi connectivity index (χ2n) is 2.81. The Kier molecular flexibility index (Phi) is 2.63. The molecule has 2 nitrogen and oxygen atoms in total. The maximum absolute atomic E-state index is 10.1. The third-order valence-corrected chi connectivity index (χ3v) is 3.77. The van der Waals surface area contributed by atoms with Gasteiger partial charge in [0.15, 0.2) is 0 Å². The van der Waals surface area contributed by atoms with E-state index in [4.69, 9.17) is 0 Å². The summed E-state index contributed by atoms with van der Waals surface area (Å²) in [5.41, 5.74) is 0.675. The Balaban J connectivity index is 2.34. The highest BCUT2D eigenvalue weighted by molar-refractivity contribution is 8.22. The molecule has 0 saturated carbocycles. The first kappa shape index (κ1) is 9.00. The van der Waals surface area contributed by atoms with Crippen LogP contribution in [0.15, 0.2) is 57.1 Å². The van der Waals surface area contributed by atoms with E-state index in [0.29, 0.717) is 5.69 Å². The van der Waals surface area contributed by atoms with Gasteiger partial charge in [0.2, 0.25) is 6.08 Å². The molecule has 0 saturated heterocycles. The molecule has 0 aromatic heterocycles. The van der Waals surface area contributed by atoms with Gasteiger partial charge < -0.3 is 0 Å². The summed E-state index contributed by atoms with van der Waals surface area (Å²) in [6.45, 7) is 0. The van der Waals surface area contributed by atoms with E-state index in [1.807, 2.05) is 24.3 Å². The number of hydrogen-bond acceptors (Lipinski definition) is 2. The number of carbonyl (C=O) groups excluding carboxylic acids is 1. The summed E-state index contributed by atoms with van der Waals surface area (Å²) in [5, 5.41) is 4.33. The maximum Gasteiger partial charge on any atom is 0.240 e. The Bertz CT molecular complexity index is 432. The van der Waals surface area contributed by atoms with Crippen LogP contribution in [-0.2, 0) is 4.79 Å². The van der Waals surface area contributed by atoms with Gasteiger partial charge in [0.1, 0.15) is 0 Å². The average molecular weight is 203 g/mol. The smallest absolute Gasteiger partial charge is 0.211 e. The predicted octanol–water partition coefficient (Wildman–Crippen LogP) is 3.06.